The van der Waals surface area contributed by atoms with Gasteiger partial charge in [-0.05, 0) is 36.5 Å². The maximum Gasteiger partial charge on any atom is 0.393 e. The molecule has 16 heavy (non-hydrogen) atoms. The SMILES string of the molecule is FC(F)(F)Cc1cccc(NCC2CC2)c1. The summed E-state index contributed by atoms with van der Waals surface area (Å²) in [7, 11) is 0. The van der Waals surface area contributed by atoms with Gasteiger partial charge in [0.05, 0.1) is 6.42 Å². The highest BCUT2D eigenvalue weighted by atomic mass is 19.4. The Labute approximate surface area is 92.7 Å². The fraction of sp³-hybridized carbons (Fsp3) is 0.500. The van der Waals surface area contributed by atoms with Crippen LogP contribution in [-0.4, -0.2) is 12.7 Å². The lowest BCUT2D eigenvalue weighted by Gasteiger charge is -2.09. The van der Waals surface area contributed by atoms with Crippen molar-refractivity contribution >= 4 is 5.69 Å². The van der Waals surface area contributed by atoms with Gasteiger partial charge < -0.3 is 5.32 Å². The molecule has 0 spiro atoms. The van der Waals surface area contributed by atoms with E-state index >= 15 is 0 Å². The Morgan fingerprint density at radius 2 is 2.00 bits per heavy atom. The molecule has 88 valence electrons. The quantitative estimate of drug-likeness (QED) is 0.831. The van der Waals surface area contributed by atoms with Crippen LogP contribution in [0.3, 0.4) is 0 Å². The molecule has 1 aliphatic rings. The van der Waals surface area contributed by atoms with E-state index in [-0.39, 0.29) is 0 Å². The number of rotatable bonds is 4. The van der Waals surface area contributed by atoms with E-state index < -0.39 is 12.6 Å². The maximum atomic E-state index is 12.2. The molecule has 1 nitrogen and oxygen atoms in total. The van der Waals surface area contributed by atoms with Crippen molar-refractivity contribution in [1.82, 2.24) is 0 Å². The molecule has 1 fully saturated rings. The molecule has 1 N–H and O–H groups in total. The summed E-state index contributed by atoms with van der Waals surface area (Å²) in [5.41, 5.74) is 1.10. The Balaban J connectivity index is 1.95. The zero-order valence-corrected chi connectivity index (χ0v) is 8.85. The minimum Gasteiger partial charge on any atom is -0.385 e. The van der Waals surface area contributed by atoms with Crippen molar-refractivity contribution in [3.05, 3.63) is 29.8 Å². The summed E-state index contributed by atoms with van der Waals surface area (Å²) < 4.78 is 36.5. The highest BCUT2D eigenvalue weighted by molar-refractivity contribution is 5.46. The summed E-state index contributed by atoms with van der Waals surface area (Å²) in [6.45, 7) is 0.871. The van der Waals surface area contributed by atoms with Gasteiger partial charge in [0, 0.05) is 12.2 Å². The molecular weight excluding hydrogens is 215 g/mol. The molecule has 0 radical (unpaired) electrons. The second kappa shape index (κ2) is 4.36. The van der Waals surface area contributed by atoms with Crippen LogP contribution in [0.15, 0.2) is 24.3 Å². The van der Waals surface area contributed by atoms with Crippen molar-refractivity contribution in [2.45, 2.75) is 25.4 Å². The third-order valence-corrected chi connectivity index (χ3v) is 2.62. The van der Waals surface area contributed by atoms with Gasteiger partial charge >= 0.3 is 6.18 Å². The monoisotopic (exact) mass is 229 g/mol. The topological polar surface area (TPSA) is 12.0 Å². The number of hydrogen-bond donors (Lipinski definition) is 1. The number of alkyl halides is 3. The molecule has 0 heterocycles. The zero-order chi connectivity index (χ0) is 11.6. The van der Waals surface area contributed by atoms with Gasteiger partial charge in [-0.2, -0.15) is 13.2 Å². The molecule has 0 unspecified atom stereocenters. The number of hydrogen-bond acceptors (Lipinski definition) is 1. The molecule has 4 heteroatoms. The fourth-order valence-electron chi connectivity index (χ4n) is 1.61. The van der Waals surface area contributed by atoms with Gasteiger partial charge in [-0.3, -0.25) is 0 Å². The van der Waals surface area contributed by atoms with Crippen molar-refractivity contribution in [3.8, 4) is 0 Å². The predicted molar refractivity (Wildman–Crippen MR) is 57.4 cm³/mol. The summed E-state index contributed by atoms with van der Waals surface area (Å²) in [4.78, 5) is 0. The van der Waals surface area contributed by atoms with E-state index in [1.165, 1.54) is 18.9 Å². The van der Waals surface area contributed by atoms with Crippen molar-refractivity contribution < 1.29 is 13.2 Å². The Morgan fingerprint density at radius 1 is 1.25 bits per heavy atom. The Kier molecular flexibility index (Phi) is 3.08. The van der Waals surface area contributed by atoms with E-state index in [4.69, 9.17) is 0 Å². The molecule has 0 aromatic heterocycles. The molecule has 1 aromatic carbocycles. The molecule has 2 rings (SSSR count). The average Bonchev–Trinajstić information content (AvgIpc) is 2.96. The van der Waals surface area contributed by atoms with Crippen LogP contribution in [0, 0.1) is 5.92 Å². The van der Waals surface area contributed by atoms with Crippen LogP contribution in [-0.2, 0) is 6.42 Å². The molecule has 0 amide bonds. The highest BCUT2D eigenvalue weighted by Gasteiger charge is 2.27. The molecular formula is C12H14F3N. The Morgan fingerprint density at radius 3 is 2.62 bits per heavy atom. The summed E-state index contributed by atoms with van der Waals surface area (Å²) in [6, 6.07) is 6.56. The Hall–Kier alpha value is -1.19. The second-order valence-electron chi connectivity index (χ2n) is 4.32. The first-order valence-electron chi connectivity index (χ1n) is 5.42. The van der Waals surface area contributed by atoms with Crippen molar-refractivity contribution in [3.63, 3.8) is 0 Å². The minimum absolute atomic E-state index is 0.313. The zero-order valence-electron chi connectivity index (χ0n) is 8.85. The fourth-order valence-corrected chi connectivity index (χ4v) is 1.61. The van der Waals surface area contributed by atoms with Gasteiger partial charge in [0.25, 0.3) is 0 Å². The molecule has 0 bridgehead atoms. The van der Waals surface area contributed by atoms with E-state index in [1.807, 2.05) is 6.07 Å². The number of halogens is 3. The molecule has 1 aromatic rings. The van der Waals surface area contributed by atoms with Crippen molar-refractivity contribution in [2.75, 3.05) is 11.9 Å². The van der Waals surface area contributed by atoms with Gasteiger partial charge in [-0.1, -0.05) is 12.1 Å². The molecule has 0 atom stereocenters. The van der Waals surface area contributed by atoms with Crippen LogP contribution in [0.25, 0.3) is 0 Å². The van der Waals surface area contributed by atoms with Crippen LogP contribution >= 0.6 is 0 Å². The lowest BCUT2D eigenvalue weighted by atomic mass is 10.1. The summed E-state index contributed by atoms with van der Waals surface area (Å²) in [5, 5.41) is 3.17. The van der Waals surface area contributed by atoms with Crippen LogP contribution < -0.4 is 5.32 Å². The molecule has 1 aliphatic carbocycles. The highest BCUT2D eigenvalue weighted by Crippen LogP contribution is 2.29. The predicted octanol–water partition coefficient (Wildman–Crippen LogP) is 3.61. The van der Waals surface area contributed by atoms with Gasteiger partial charge in [0.1, 0.15) is 0 Å². The number of benzene rings is 1. The standard InChI is InChI=1S/C12H14F3N/c13-12(14,15)7-10-2-1-3-11(6-10)16-8-9-4-5-9/h1-3,6,9,16H,4-5,7-8H2. The first-order valence-corrected chi connectivity index (χ1v) is 5.42. The first kappa shape index (κ1) is 11.3. The number of anilines is 1. The van der Waals surface area contributed by atoms with Crippen molar-refractivity contribution in [1.29, 1.82) is 0 Å². The minimum atomic E-state index is -4.13. The van der Waals surface area contributed by atoms with Crippen LogP contribution in [0.1, 0.15) is 18.4 Å². The summed E-state index contributed by atoms with van der Waals surface area (Å²) in [6.07, 6.45) is -2.52. The average molecular weight is 229 g/mol. The maximum absolute atomic E-state index is 12.2. The molecule has 0 saturated heterocycles. The van der Waals surface area contributed by atoms with E-state index in [0.29, 0.717) is 11.5 Å². The van der Waals surface area contributed by atoms with Crippen LogP contribution in [0.4, 0.5) is 18.9 Å². The van der Waals surface area contributed by atoms with Gasteiger partial charge in [0.2, 0.25) is 0 Å². The smallest absolute Gasteiger partial charge is 0.385 e. The van der Waals surface area contributed by atoms with E-state index in [0.717, 1.165) is 12.2 Å². The molecule has 1 saturated carbocycles. The lowest BCUT2D eigenvalue weighted by molar-refractivity contribution is -0.127. The summed E-state index contributed by atoms with van der Waals surface area (Å²) in [5.74, 6) is 0.714. The Bertz CT molecular complexity index is 356. The lowest BCUT2D eigenvalue weighted by Crippen LogP contribution is -2.12. The normalized spacial score (nSPS) is 16.2. The first-order chi connectivity index (χ1) is 7.53. The summed E-state index contributed by atoms with van der Waals surface area (Å²) >= 11 is 0. The van der Waals surface area contributed by atoms with Crippen LogP contribution in [0.5, 0.6) is 0 Å². The number of nitrogens with one attached hydrogen (secondary N) is 1. The van der Waals surface area contributed by atoms with E-state index in [2.05, 4.69) is 5.32 Å². The third-order valence-electron chi connectivity index (χ3n) is 2.62. The van der Waals surface area contributed by atoms with Gasteiger partial charge in [-0.15, -0.1) is 0 Å². The van der Waals surface area contributed by atoms with Crippen molar-refractivity contribution in [2.24, 2.45) is 5.92 Å². The van der Waals surface area contributed by atoms with Gasteiger partial charge in [-0.25, -0.2) is 0 Å². The van der Waals surface area contributed by atoms with E-state index in [9.17, 15) is 13.2 Å². The second-order valence-corrected chi connectivity index (χ2v) is 4.32. The van der Waals surface area contributed by atoms with Crippen LogP contribution in [0.2, 0.25) is 0 Å². The third kappa shape index (κ3) is 3.76. The van der Waals surface area contributed by atoms with Gasteiger partial charge in [0.15, 0.2) is 0 Å². The largest absolute Gasteiger partial charge is 0.393 e. The molecule has 0 aliphatic heterocycles. The van der Waals surface area contributed by atoms with E-state index in [1.54, 1.807) is 12.1 Å².